The number of halogens is 1. The molecule has 0 aliphatic heterocycles. The largest absolute Gasteiger partial charge is 0.299 e. The molecule has 102 valence electrons. The summed E-state index contributed by atoms with van der Waals surface area (Å²) in [5, 5.41) is 0. The number of aromatic nitrogens is 2. The Balaban J connectivity index is 2.14. The van der Waals surface area contributed by atoms with Gasteiger partial charge < -0.3 is 0 Å². The maximum Gasteiger partial charge on any atom is 0.175 e. The molecule has 3 aromatic rings. The minimum Gasteiger partial charge on any atom is -0.299 e. The van der Waals surface area contributed by atoms with Crippen LogP contribution in [-0.2, 0) is 9.84 Å². The van der Waals surface area contributed by atoms with Crippen molar-refractivity contribution in [2.24, 2.45) is 0 Å². The van der Waals surface area contributed by atoms with Crippen molar-refractivity contribution in [1.82, 2.24) is 9.55 Å². The van der Waals surface area contributed by atoms with Gasteiger partial charge in [-0.25, -0.2) is 13.4 Å². The Kier molecular flexibility index (Phi) is 3.14. The summed E-state index contributed by atoms with van der Waals surface area (Å²) in [5.74, 6) is 0. The topological polar surface area (TPSA) is 52.0 Å². The number of fused-ring (bicyclic) bond motifs is 1. The number of hydrogen-bond acceptors (Lipinski definition) is 3. The van der Waals surface area contributed by atoms with Crippen LogP contribution in [0.4, 0.5) is 0 Å². The second kappa shape index (κ2) is 4.71. The lowest BCUT2D eigenvalue weighted by Gasteiger charge is -2.05. The number of sulfone groups is 1. The SMILES string of the molecule is CS(=O)(=O)c1ccc(-n2cnc3ccc(Br)cc32)cc1. The Morgan fingerprint density at radius 1 is 1.10 bits per heavy atom. The minimum atomic E-state index is -3.17. The highest BCUT2D eigenvalue weighted by atomic mass is 79.9. The van der Waals surface area contributed by atoms with Gasteiger partial charge >= 0.3 is 0 Å². The van der Waals surface area contributed by atoms with E-state index in [0.29, 0.717) is 4.90 Å². The first-order valence-electron chi connectivity index (χ1n) is 5.88. The highest BCUT2D eigenvalue weighted by Gasteiger charge is 2.08. The summed E-state index contributed by atoms with van der Waals surface area (Å²) in [5.41, 5.74) is 2.73. The van der Waals surface area contributed by atoms with Crippen molar-refractivity contribution in [2.75, 3.05) is 6.26 Å². The second-order valence-corrected chi connectivity index (χ2v) is 7.45. The normalized spacial score (nSPS) is 11.9. The predicted octanol–water partition coefficient (Wildman–Crippen LogP) is 3.19. The first-order chi connectivity index (χ1) is 9.45. The zero-order valence-corrected chi connectivity index (χ0v) is 13.0. The molecule has 1 aromatic heterocycles. The Morgan fingerprint density at radius 3 is 2.45 bits per heavy atom. The van der Waals surface area contributed by atoms with Gasteiger partial charge in [-0.2, -0.15) is 0 Å². The molecule has 0 saturated carbocycles. The van der Waals surface area contributed by atoms with Gasteiger partial charge in [-0.05, 0) is 42.5 Å². The van der Waals surface area contributed by atoms with Gasteiger partial charge in [0.2, 0.25) is 0 Å². The second-order valence-electron chi connectivity index (χ2n) is 4.51. The van der Waals surface area contributed by atoms with Gasteiger partial charge in [-0.15, -0.1) is 0 Å². The molecule has 0 saturated heterocycles. The van der Waals surface area contributed by atoms with Gasteiger partial charge in [-0.3, -0.25) is 4.57 Å². The number of benzene rings is 2. The summed E-state index contributed by atoms with van der Waals surface area (Å²) in [4.78, 5) is 4.64. The van der Waals surface area contributed by atoms with Crippen LogP contribution in [0, 0.1) is 0 Å². The molecule has 3 rings (SSSR count). The first kappa shape index (κ1) is 13.3. The summed E-state index contributed by atoms with van der Waals surface area (Å²) in [6.45, 7) is 0. The predicted molar refractivity (Wildman–Crippen MR) is 81.9 cm³/mol. The molecule has 2 aromatic carbocycles. The van der Waals surface area contributed by atoms with Gasteiger partial charge in [0.25, 0.3) is 0 Å². The highest BCUT2D eigenvalue weighted by Crippen LogP contribution is 2.22. The number of nitrogens with zero attached hydrogens (tertiary/aromatic N) is 2. The van der Waals surface area contributed by atoms with Crippen LogP contribution in [0.25, 0.3) is 16.7 Å². The molecule has 0 aliphatic rings. The average Bonchev–Trinajstić information content (AvgIpc) is 2.81. The van der Waals surface area contributed by atoms with E-state index in [-0.39, 0.29) is 0 Å². The van der Waals surface area contributed by atoms with Gasteiger partial charge in [0.15, 0.2) is 9.84 Å². The molecule has 0 unspecified atom stereocenters. The summed E-state index contributed by atoms with van der Waals surface area (Å²) in [7, 11) is -3.17. The Bertz CT molecular complexity index is 883. The minimum absolute atomic E-state index is 0.312. The lowest BCUT2D eigenvalue weighted by Crippen LogP contribution is -1.98. The standard InChI is InChI=1S/C14H11BrN2O2S/c1-20(18,19)12-5-3-11(4-6-12)17-9-16-13-7-2-10(15)8-14(13)17/h2-9H,1H3. The van der Waals surface area contributed by atoms with Crippen molar-refractivity contribution in [2.45, 2.75) is 4.90 Å². The fraction of sp³-hybridized carbons (Fsp3) is 0.0714. The van der Waals surface area contributed by atoms with E-state index in [1.807, 2.05) is 22.8 Å². The van der Waals surface area contributed by atoms with Crippen LogP contribution in [-0.4, -0.2) is 24.2 Å². The van der Waals surface area contributed by atoms with Crippen LogP contribution in [0.2, 0.25) is 0 Å². The maximum atomic E-state index is 11.5. The van der Waals surface area contributed by atoms with E-state index in [4.69, 9.17) is 0 Å². The van der Waals surface area contributed by atoms with Crippen LogP contribution in [0.15, 0.2) is 58.2 Å². The van der Waals surface area contributed by atoms with Crippen LogP contribution in [0.1, 0.15) is 0 Å². The molecule has 0 N–H and O–H groups in total. The molecule has 0 amide bonds. The lowest BCUT2D eigenvalue weighted by atomic mass is 10.3. The molecule has 0 bridgehead atoms. The Labute approximate surface area is 125 Å². The molecular formula is C14H11BrN2O2S. The summed E-state index contributed by atoms with van der Waals surface area (Å²) in [6.07, 6.45) is 2.93. The van der Waals surface area contributed by atoms with E-state index in [9.17, 15) is 8.42 Å². The van der Waals surface area contributed by atoms with E-state index < -0.39 is 9.84 Å². The number of imidazole rings is 1. The molecule has 0 radical (unpaired) electrons. The molecule has 0 spiro atoms. The number of hydrogen-bond donors (Lipinski definition) is 0. The zero-order valence-electron chi connectivity index (χ0n) is 10.6. The summed E-state index contributed by atoms with van der Waals surface area (Å²) in [6, 6.07) is 12.6. The molecule has 0 atom stereocenters. The lowest BCUT2D eigenvalue weighted by molar-refractivity contribution is 0.602. The highest BCUT2D eigenvalue weighted by molar-refractivity contribution is 9.10. The molecule has 20 heavy (non-hydrogen) atoms. The van der Waals surface area contributed by atoms with Crippen molar-refractivity contribution < 1.29 is 8.42 Å². The Morgan fingerprint density at radius 2 is 1.80 bits per heavy atom. The fourth-order valence-corrected chi connectivity index (χ4v) is 3.02. The van der Waals surface area contributed by atoms with Crippen molar-refractivity contribution >= 4 is 36.8 Å². The van der Waals surface area contributed by atoms with Crippen LogP contribution >= 0.6 is 15.9 Å². The van der Waals surface area contributed by atoms with Crippen LogP contribution in [0.3, 0.4) is 0 Å². The van der Waals surface area contributed by atoms with Gasteiger partial charge in [0.05, 0.1) is 15.9 Å². The third kappa shape index (κ3) is 2.36. The molecule has 4 nitrogen and oxygen atoms in total. The molecule has 0 fully saturated rings. The third-order valence-corrected chi connectivity index (χ3v) is 4.67. The molecule has 6 heteroatoms. The quantitative estimate of drug-likeness (QED) is 0.713. The van der Waals surface area contributed by atoms with E-state index >= 15 is 0 Å². The van der Waals surface area contributed by atoms with Crippen LogP contribution < -0.4 is 0 Å². The van der Waals surface area contributed by atoms with Crippen molar-refractivity contribution in [3.05, 3.63) is 53.3 Å². The third-order valence-electron chi connectivity index (χ3n) is 3.05. The van der Waals surface area contributed by atoms with E-state index in [2.05, 4.69) is 20.9 Å². The van der Waals surface area contributed by atoms with Gasteiger partial charge in [0, 0.05) is 16.4 Å². The monoisotopic (exact) mass is 350 g/mol. The van der Waals surface area contributed by atoms with Crippen molar-refractivity contribution in [1.29, 1.82) is 0 Å². The van der Waals surface area contributed by atoms with Crippen molar-refractivity contribution in [3.8, 4) is 5.69 Å². The van der Waals surface area contributed by atoms with Crippen molar-refractivity contribution in [3.63, 3.8) is 0 Å². The zero-order chi connectivity index (χ0) is 14.3. The molecule has 0 aliphatic carbocycles. The fourth-order valence-electron chi connectivity index (χ4n) is 2.04. The maximum absolute atomic E-state index is 11.5. The van der Waals surface area contributed by atoms with Gasteiger partial charge in [0.1, 0.15) is 6.33 Å². The van der Waals surface area contributed by atoms with Crippen LogP contribution in [0.5, 0.6) is 0 Å². The van der Waals surface area contributed by atoms with E-state index in [1.165, 1.54) is 6.26 Å². The summed E-state index contributed by atoms with van der Waals surface area (Å²) < 4.78 is 25.8. The van der Waals surface area contributed by atoms with Gasteiger partial charge in [-0.1, -0.05) is 15.9 Å². The Hall–Kier alpha value is -1.66. The van der Waals surface area contributed by atoms with E-state index in [0.717, 1.165) is 21.2 Å². The van der Waals surface area contributed by atoms with E-state index in [1.54, 1.807) is 30.6 Å². The average molecular weight is 351 g/mol. The molecule has 1 heterocycles. The number of rotatable bonds is 2. The summed E-state index contributed by atoms with van der Waals surface area (Å²) >= 11 is 3.44. The smallest absolute Gasteiger partial charge is 0.175 e. The molecular weight excluding hydrogens is 340 g/mol. The first-order valence-corrected chi connectivity index (χ1v) is 8.57.